The normalized spacial score (nSPS) is 14.0. The molecule has 0 bridgehead atoms. The second-order valence-electron chi connectivity index (χ2n) is 7.07. The molecule has 28 heavy (non-hydrogen) atoms. The molecular formula is C24H23FN2O. The Morgan fingerprint density at radius 1 is 0.893 bits per heavy atom. The number of halogens is 1. The lowest BCUT2D eigenvalue weighted by molar-refractivity contribution is 0.482. The van der Waals surface area contributed by atoms with Gasteiger partial charge in [0.15, 0.2) is 0 Å². The minimum atomic E-state index is -0.187. The number of ether oxygens (including phenoxy) is 1. The third-order valence-electron chi connectivity index (χ3n) is 4.87. The van der Waals surface area contributed by atoms with E-state index in [0.29, 0.717) is 5.69 Å². The molecule has 1 heterocycles. The number of aryl methyl sites for hydroxylation is 1. The van der Waals surface area contributed by atoms with E-state index in [-0.39, 0.29) is 5.82 Å². The van der Waals surface area contributed by atoms with E-state index in [1.165, 1.54) is 5.56 Å². The van der Waals surface area contributed by atoms with Crippen LogP contribution in [0.5, 0.6) is 11.5 Å². The number of hydrogen-bond donors (Lipinski definition) is 0. The van der Waals surface area contributed by atoms with Gasteiger partial charge in [0, 0.05) is 19.3 Å². The summed E-state index contributed by atoms with van der Waals surface area (Å²) in [6.45, 7) is 3.91. The number of rotatable bonds is 5. The molecule has 0 spiro atoms. The largest absolute Gasteiger partial charge is 0.457 e. The molecule has 0 saturated carbocycles. The number of nitrogens with zero attached hydrogens (tertiary/aromatic N) is 2. The lowest BCUT2D eigenvalue weighted by Crippen LogP contribution is -2.18. The first-order valence-corrected chi connectivity index (χ1v) is 9.60. The van der Waals surface area contributed by atoms with E-state index < -0.39 is 0 Å². The van der Waals surface area contributed by atoms with Crippen molar-refractivity contribution in [1.29, 1.82) is 0 Å². The Morgan fingerprint density at radius 3 is 2.18 bits per heavy atom. The average Bonchev–Trinajstić information content (AvgIpc) is 3.24. The van der Waals surface area contributed by atoms with Gasteiger partial charge in [-0.3, -0.25) is 4.99 Å². The quantitative estimate of drug-likeness (QED) is 0.491. The van der Waals surface area contributed by atoms with E-state index in [9.17, 15) is 4.39 Å². The summed E-state index contributed by atoms with van der Waals surface area (Å²) in [4.78, 5) is 6.54. The Bertz CT molecular complexity index is 959. The van der Waals surface area contributed by atoms with Gasteiger partial charge in [0.1, 0.15) is 17.3 Å². The minimum absolute atomic E-state index is 0.187. The van der Waals surface area contributed by atoms with Gasteiger partial charge >= 0.3 is 0 Å². The predicted molar refractivity (Wildman–Crippen MR) is 113 cm³/mol. The van der Waals surface area contributed by atoms with E-state index in [4.69, 9.17) is 4.74 Å². The van der Waals surface area contributed by atoms with Crippen LogP contribution in [0, 0.1) is 12.7 Å². The summed E-state index contributed by atoms with van der Waals surface area (Å²) in [5.41, 5.74) is 3.43. The van der Waals surface area contributed by atoms with Crippen LogP contribution in [0.1, 0.15) is 24.0 Å². The van der Waals surface area contributed by atoms with E-state index in [1.807, 2.05) is 67.6 Å². The Balaban J connectivity index is 1.41. The third kappa shape index (κ3) is 4.39. The van der Waals surface area contributed by atoms with Crippen LogP contribution in [-0.4, -0.2) is 19.3 Å². The van der Waals surface area contributed by atoms with Crippen molar-refractivity contribution in [1.82, 2.24) is 0 Å². The Morgan fingerprint density at radius 2 is 1.54 bits per heavy atom. The first kappa shape index (κ1) is 18.2. The molecule has 1 aliphatic heterocycles. The van der Waals surface area contributed by atoms with Gasteiger partial charge in [0.25, 0.3) is 0 Å². The van der Waals surface area contributed by atoms with E-state index in [0.717, 1.165) is 48.7 Å². The SMILES string of the molecule is Cc1ccc(Oc2ccc(N=Cc3ccc(N4CCCC4)c(F)c3)cc2)cc1. The molecule has 0 aromatic heterocycles. The summed E-state index contributed by atoms with van der Waals surface area (Å²) in [6, 6.07) is 20.8. The maximum Gasteiger partial charge on any atom is 0.147 e. The van der Waals surface area contributed by atoms with Gasteiger partial charge in [-0.05, 0) is 73.9 Å². The molecule has 0 amide bonds. The van der Waals surface area contributed by atoms with Crippen molar-refractivity contribution in [3.8, 4) is 11.5 Å². The van der Waals surface area contributed by atoms with Gasteiger partial charge in [-0.2, -0.15) is 0 Å². The Labute approximate surface area is 165 Å². The standard InChI is InChI=1S/C24H23FN2O/c1-18-4-9-21(10-5-18)28-22-11-7-20(8-12-22)26-17-19-6-13-24(23(25)16-19)27-14-2-3-15-27/h4-13,16-17H,2-3,14-15H2,1H3. The molecule has 1 aliphatic rings. The fourth-order valence-electron chi connectivity index (χ4n) is 3.31. The topological polar surface area (TPSA) is 24.8 Å². The van der Waals surface area contributed by atoms with Crippen molar-refractivity contribution < 1.29 is 9.13 Å². The molecule has 0 N–H and O–H groups in total. The molecule has 1 saturated heterocycles. The summed E-state index contributed by atoms with van der Waals surface area (Å²) in [7, 11) is 0. The molecule has 3 nitrogen and oxygen atoms in total. The van der Waals surface area contributed by atoms with Gasteiger partial charge in [0.2, 0.25) is 0 Å². The van der Waals surface area contributed by atoms with E-state index >= 15 is 0 Å². The van der Waals surface area contributed by atoms with Gasteiger partial charge in [-0.15, -0.1) is 0 Å². The highest BCUT2D eigenvalue weighted by Crippen LogP contribution is 2.26. The number of benzene rings is 3. The van der Waals surface area contributed by atoms with Gasteiger partial charge in [-0.25, -0.2) is 4.39 Å². The van der Waals surface area contributed by atoms with Crippen LogP contribution in [0.25, 0.3) is 0 Å². The van der Waals surface area contributed by atoms with Crippen LogP contribution < -0.4 is 9.64 Å². The van der Waals surface area contributed by atoms with Crippen molar-refractivity contribution in [2.45, 2.75) is 19.8 Å². The van der Waals surface area contributed by atoms with Crippen LogP contribution in [0.3, 0.4) is 0 Å². The molecule has 0 aliphatic carbocycles. The van der Waals surface area contributed by atoms with Gasteiger partial charge < -0.3 is 9.64 Å². The van der Waals surface area contributed by atoms with Crippen molar-refractivity contribution >= 4 is 17.6 Å². The molecule has 3 aromatic carbocycles. The zero-order chi connectivity index (χ0) is 19.3. The molecule has 1 fully saturated rings. The lowest BCUT2D eigenvalue weighted by Gasteiger charge is -2.18. The maximum atomic E-state index is 14.4. The number of anilines is 1. The maximum absolute atomic E-state index is 14.4. The molecule has 4 heteroatoms. The monoisotopic (exact) mass is 374 g/mol. The second-order valence-corrected chi connectivity index (χ2v) is 7.07. The minimum Gasteiger partial charge on any atom is -0.457 e. The Hall–Kier alpha value is -3.14. The molecule has 142 valence electrons. The van der Waals surface area contributed by atoms with Crippen molar-refractivity contribution in [2.75, 3.05) is 18.0 Å². The Kier molecular flexibility index (Phi) is 5.38. The van der Waals surface area contributed by atoms with Gasteiger partial charge in [0.05, 0.1) is 11.4 Å². The van der Waals surface area contributed by atoms with Crippen molar-refractivity contribution in [3.63, 3.8) is 0 Å². The predicted octanol–water partition coefficient (Wildman–Crippen LogP) is 6.28. The summed E-state index contributed by atoms with van der Waals surface area (Å²) < 4.78 is 20.2. The highest BCUT2D eigenvalue weighted by Gasteiger charge is 2.15. The van der Waals surface area contributed by atoms with Crippen LogP contribution in [0.4, 0.5) is 15.8 Å². The molecule has 4 rings (SSSR count). The average molecular weight is 374 g/mol. The summed E-state index contributed by atoms with van der Waals surface area (Å²) >= 11 is 0. The molecule has 0 radical (unpaired) electrons. The van der Waals surface area contributed by atoms with Crippen molar-refractivity contribution in [3.05, 3.63) is 83.7 Å². The first-order chi connectivity index (χ1) is 13.7. The van der Waals surface area contributed by atoms with Crippen LogP contribution in [0.2, 0.25) is 0 Å². The lowest BCUT2D eigenvalue weighted by atomic mass is 10.2. The molecular weight excluding hydrogens is 351 g/mol. The number of hydrogen-bond acceptors (Lipinski definition) is 3. The highest BCUT2D eigenvalue weighted by molar-refractivity contribution is 5.82. The fraction of sp³-hybridized carbons (Fsp3) is 0.208. The second kappa shape index (κ2) is 8.26. The fourth-order valence-corrected chi connectivity index (χ4v) is 3.31. The van der Waals surface area contributed by atoms with E-state index in [2.05, 4.69) is 9.89 Å². The summed E-state index contributed by atoms with van der Waals surface area (Å²) in [5.74, 6) is 1.37. The van der Waals surface area contributed by atoms with Crippen LogP contribution >= 0.6 is 0 Å². The van der Waals surface area contributed by atoms with E-state index in [1.54, 1.807) is 12.3 Å². The zero-order valence-corrected chi connectivity index (χ0v) is 15.9. The van der Waals surface area contributed by atoms with Crippen LogP contribution in [-0.2, 0) is 0 Å². The van der Waals surface area contributed by atoms with Gasteiger partial charge in [-0.1, -0.05) is 23.8 Å². The smallest absolute Gasteiger partial charge is 0.147 e. The zero-order valence-electron chi connectivity index (χ0n) is 15.9. The third-order valence-corrected chi connectivity index (χ3v) is 4.87. The summed E-state index contributed by atoms with van der Waals surface area (Å²) in [6.07, 6.45) is 3.95. The summed E-state index contributed by atoms with van der Waals surface area (Å²) in [5, 5.41) is 0. The highest BCUT2D eigenvalue weighted by atomic mass is 19.1. The molecule has 3 aromatic rings. The van der Waals surface area contributed by atoms with Crippen molar-refractivity contribution in [2.24, 2.45) is 4.99 Å². The molecule has 0 atom stereocenters. The first-order valence-electron chi connectivity index (χ1n) is 9.60. The molecule has 0 unspecified atom stereocenters. The number of aliphatic imine (C=N–C) groups is 1. The van der Waals surface area contributed by atoms with Crippen LogP contribution in [0.15, 0.2) is 71.7 Å².